The van der Waals surface area contributed by atoms with Crippen molar-refractivity contribution in [3.63, 3.8) is 0 Å². The van der Waals surface area contributed by atoms with Gasteiger partial charge in [0.05, 0.1) is 0 Å². The third-order valence-corrected chi connectivity index (χ3v) is 2.79. The maximum atomic E-state index is 10.9. The van der Waals surface area contributed by atoms with Gasteiger partial charge in [-0.1, -0.05) is 23.4 Å². The highest BCUT2D eigenvalue weighted by atomic mass is 35.5. The van der Waals surface area contributed by atoms with E-state index in [9.17, 15) is 4.79 Å². The number of rotatable bonds is 2. The number of hydrogen-bond donors (Lipinski definition) is 1. The fraction of sp³-hybridized carbons (Fsp3) is 0.125. The molecule has 2 aromatic rings. The van der Waals surface area contributed by atoms with Gasteiger partial charge in [-0.3, -0.25) is 4.40 Å². The Hall–Kier alpha value is -1.27. The van der Waals surface area contributed by atoms with E-state index in [2.05, 4.69) is 9.97 Å². The number of nitrogens with zero attached hydrogens (tertiary/aromatic N) is 3. The zero-order chi connectivity index (χ0) is 11.0. The molecule has 0 aliphatic rings. The highest BCUT2D eigenvalue weighted by Gasteiger charge is 2.18. The first-order chi connectivity index (χ1) is 7.15. The summed E-state index contributed by atoms with van der Waals surface area (Å²) in [5, 5.41) is 9.66. The SMILES string of the molecule is CSc1nc(C(=O)O)c2c(Cl)nccn12. The molecule has 0 fully saturated rings. The Balaban J connectivity index is 2.88. The second kappa shape index (κ2) is 3.71. The van der Waals surface area contributed by atoms with Gasteiger partial charge < -0.3 is 5.11 Å². The lowest BCUT2D eigenvalue weighted by Gasteiger charge is -1.97. The van der Waals surface area contributed by atoms with E-state index >= 15 is 0 Å². The van der Waals surface area contributed by atoms with E-state index in [0.29, 0.717) is 10.7 Å². The van der Waals surface area contributed by atoms with Crippen LogP contribution in [-0.4, -0.2) is 31.7 Å². The van der Waals surface area contributed by atoms with Crippen molar-refractivity contribution in [3.05, 3.63) is 23.2 Å². The van der Waals surface area contributed by atoms with E-state index in [1.807, 2.05) is 6.26 Å². The number of halogens is 1. The molecule has 7 heteroatoms. The van der Waals surface area contributed by atoms with E-state index in [1.165, 1.54) is 18.0 Å². The zero-order valence-corrected chi connectivity index (χ0v) is 9.21. The molecule has 0 spiro atoms. The monoisotopic (exact) mass is 243 g/mol. The Morgan fingerprint density at radius 1 is 1.67 bits per heavy atom. The molecule has 0 radical (unpaired) electrons. The lowest BCUT2D eigenvalue weighted by molar-refractivity contribution is 0.0693. The Kier molecular flexibility index (Phi) is 2.54. The van der Waals surface area contributed by atoms with Crippen LogP contribution in [0.1, 0.15) is 10.5 Å². The fourth-order valence-electron chi connectivity index (χ4n) is 1.27. The summed E-state index contributed by atoms with van der Waals surface area (Å²) in [6, 6.07) is 0. The summed E-state index contributed by atoms with van der Waals surface area (Å²) in [5.41, 5.74) is 0.258. The first kappa shape index (κ1) is 10.3. The molecule has 0 aliphatic heterocycles. The standard InChI is InChI=1S/C8H6ClN3O2S/c1-15-8-11-4(7(13)14)5-6(9)10-2-3-12(5)8/h2-3H,1H3,(H,13,14). The van der Waals surface area contributed by atoms with Crippen LogP contribution in [-0.2, 0) is 0 Å². The molecule has 2 rings (SSSR count). The van der Waals surface area contributed by atoms with Crippen LogP contribution in [0.15, 0.2) is 17.6 Å². The van der Waals surface area contributed by atoms with Gasteiger partial charge in [0.15, 0.2) is 16.0 Å². The largest absolute Gasteiger partial charge is 0.476 e. The second-order valence-electron chi connectivity index (χ2n) is 2.69. The molecule has 78 valence electrons. The number of hydrogen-bond acceptors (Lipinski definition) is 4. The molecular weight excluding hydrogens is 238 g/mol. The predicted octanol–water partition coefficient (Wildman–Crippen LogP) is 1.80. The number of imidazole rings is 1. The number of carboxylic acid groups (broad SMARTS) is 1. The molecule has 0 atom stereocenters. The van der Waals surface area contributed by atoms with E-state index in [0.717, 1.165) is 0 Å². The minimum atomic E-state index is -1.11. The molecular formula is C8H6ClN3O2S. The molecule has 0 aromatic carbocycles. The lowest BCUT2D eigenvalue weighted by Crippen LogP contribution is -1.98. The number of aromatic carboxylic acids is 1. The van der Waals surface area contributed by atoms with Crippen LogP contribution >= 0.6 is 23.4 Å². The van der Waals surface area contributed by atoms with Crippen molar-refractivity contribution in [2.45, 2.75) is 5.16 Å². The Morgan fingerprint density at radius 2 is 2.40 bits per heavy atom. The summed E-state index contributed by atoms with van der Waals surface area (Å²) >= 11 is 7.18. The van der Waals surface area contributed by atoms with E-state index < -0.39 is 5.97 Å². The maximum Gasteiger partial charge on any atom is 0.356 e. The molecule has 0 saturated heterocycles. The van der Waals surface area contributed by atoms with Crippen LogP contribution in [0.4, 0.5) is 0 Å². The first-order valence-corrected chi connectivity index (χ1v) is 5.55. The number of aromatic nitrogens is 3. The summed E-state index contributed by atoms with van der Waals surface area (Å²) < 4.78 is 1.61. The van der Waals surface area contributed by atoms with Gasteiger partial charge in [0.25, 0.3) is 0 Å². The number of fused-ring (bicyclic) bond motifs is 1. The summed E-state index contributed by atoms with van der Waals surface area (Å²) in [6.45, 7) is 0. The molecule has 0 amide bonds. The van der Waals surface area contributed by atoms with Crippen LogP contribution in [0.3, 0.4) is 0 Å². The van der Waals surface area contributed by atoms with Crippen molar-refractivity contribution < 1.29 is 9.90 Å². The minimum Gasteiger partial charge on any atom is -0.476 e. The van der Waals surface area contributed by atoms with Crippen molar-refractivity contribution in [2.24, 2.45) is 0 Å². The van der Waals surface area contributed by atoms with E-state index in [4.69, 9.17) is 16.7 Å². The highest BCUT2D eigenvalue weighted by molar-refractivity contribution is 7.98. The topological polar surface area (TPSA) is 67.5 Å². The molecule has 2 heterocycles. The second-order valence-corrected chi connectivity index (χ2v) is 3.82. The van der Waals surface area contributed by atoms with Gasteiger partial charge in [-0.25, -0.2) is 14.8 Å². The molecule has 15 heavy (non-hydrogen) atoms. The zero-order valence-electron chi connectivity index (χ0n) is 7.64. The minimum absolute atomic E-state index is 0.0718. The Morgan fingerprint density at radius 3 is 3.00 bits per heavy atom. The van der Waals surface area contributed by atoms with Crippen LogP contribution in [0.5, 0.6) is 0 Å². The first-order valence-electron chi connectivity index (χ1n) is 3.95. The molecule has 0 aliphatic carbocycles. The molecule has 5 nitrogen and oxygen atoms in total. The summed E-state index contributed by atoms with van der Waals surface area (Å²) in [5.74, 6) is -1.11. The van der Waals surface area contributed by atoms with Crippen molar-refractivity contribution in [1.29, 1.82) is 0 Å². The van der Waals surface area contributed by atoms with Gasteiger partial charge in [-0.05, 0) is 6.26 Å². The van der Waals surface area contributed by atoms with Crippen molar-refractivity contribution in [1.82, 2.24) is 14.4 Å². The van der Waals surface area contributed by atoms with E-state index in [-0.39, 0.29) is 10.8 Å². The average Bonchev–Trinajstić information content (AvgIpc) is 2.58. The van der Waals surface area contributed by atoms with Gasteiger partial charge in [-0.2, -0.15) is 0 Å². The average molecular weight is 244 g/mol. The number of carboxylic acids is 1. The molecule has 1 N–H and O–H groups in total. The van der Waals surface area contributed by atoms with Gasteiger partial charge in [0.2, 0.25) is 0 Å². The molecule has 0 saturated carbocycles. The molecule has 0 unspecified atom stereocenters. The number of thioether (sulfide) groups is 1. The third kappa shape index (κ3) is 1.55. The summed E-state index contributed by atoms with van der Waals surface area (Å²) in [6.07, 6.45) is 4.95. The van der Waals surface area contributed by atoms with Gasteiger partial charge in [-0.15, -0.1) is 0 Å². The van der Waals surface area contributed by atoms with E-state index in [1.54, 1.807) is 10.6 Å². The van der Waals surface area contributed by atoms with Crippen LogP contribution < -0.4 is 0 Å². The Bertz CT molecular complexity index is 540. The third-order valence-electron chi connectivity index (χ3n) is 1.86. The smallest absolute Gasteiger partial charge is 0.356 e. The maximum absolute atomic E-state index is 10.9. The summed E-state index contributed by atoms with van der Waals surface area (Å²) in [4.78, 5) is 18.7. The number of carbonyl (C=O) groups is 1. The lowest BCUT2D eigenvalue weighted by atomic mass is 10.4. The van der Waals surface area contributed by atoms with Crippen molar-refractivity contribution in [2.75, 3.05) is 6.26 Å². The van der Waals surface area contributed by atoms with Gasteiger partial charge in [0, 0.05) is 12.4 Å². The highest BCUT2D eigenvalue weighted by Crippen LogP contribution is 2.24. The van der Waals surface area contributed by atoms with Crippen LogP contribution in [0.2, 0.25) is 5.15 Å². The van der Waals surface area contributed by atoms with Crippen LogP contribution in [0, 0.1) is 0 Å². The van der Waals surface area contributed by atoms with Crippen molar-refractivity contribution in [3.8, 4) is 0 Å². The van der Waals surface area contributed by atoms with Gasteiger partial charge in [0.1, 0.15) is 5.52 Å². The predicted molar refractivity (Wildman–Crippen MR) is 56.7 cm³/mol. The quantitative estimate of drug-likeness (QED) is 0.815. The van der Waals surface area contributed by atoms with Gasteiger partial charge >= 0.3 is 5.97 Å². The Labute approximate surface area is 94.1 Å². The summed E-state index contributed by atoms with van der Waals surface area (Å²) in [7, 11) is 0. The fourth-order valence-corrected chi connectivity index (χ4v) is 2.04. The molecule has 0 bridgehead atoms. The van der Waals surface area contributed by atoms with Crippen molar-refractivity contribution >= 4 is 34.8 Å². The molecule has 2 aromatic heterocycles. The normalized spacial score (nSPS) is 10.8. The van der Waals surface area contributed by atoms with Crippen LogP contribution in [0.25, 0.3) is 5.52 Å².